The Balaban J connectivity index is 4.44. The van der Waals surface area contributed by atoms with Gasteiger partial charge in [0.05, 0.1) is 5.75 Å². The molecule has 0 heterocycles. The molecule has 15 heavy (non-hydrogen) atoms. The Morgan fingerprint density at radius 1 is 1.53 bits per heavy atom. The lowest BCUT2D eigenvalue weighted by atomic mass is 10.2. The number of thioether (sulfide) groups is 1. The molecule has 1 atom stereocenters. The Morgan fingerprint density at radius 3 is 2.53 bits per heavy atom. The highest BCUT2D eigenvalue weighted by Gasteiger charge is 2.22. The second-order valence-corrected chi connectivity index (χ2v) is 5.89. The van der Waals surface area contributed by atoms with Gasteiger partial charge in [0.15, 0.2) is 0 Å². The molecule has 0 saturated heterocycles. The highest BCUT2D eigenvalue weighted by atomic mass is 32.2. The highest BCUT2D eigenvalue weighted by Crippen LogP contribution is 2.02. The first kappa shape index (κ1) is 14.7. The van der Waals surface area contributed by atoms with Crippen molar-refractivity contribution in [1.82, 2.24) is 10.1 Å². The highest BCUT2D eigenvalue weighted by molar-refractivity contribution is 7.98. The Bertz CT molecular complexity index is 292. The Hall–Kier alpha value is -0.310. The third-order valence-corrected chi connectivity index (χ3v) is 3.82. The predicted molar refractivity (Wildman–Crippen MR) is 61.7 cm³/mol. The first-order chi connectivity index (χ1) is 6.96. The van der Waals surface area contributed by atoms with Crippen LogP contribution in [-0.2, 0) is 14.8 Å². The van der Waals surface area contributed by atoms with Crippen LogP contribution in [0.25, 0.3) is 0 Å². The first-order valence-corrected chi connectivity index (χ1v) is 7.50. The van der Waals surface area contributed by atoms with E-state index in [4.69, 9.17) is 5.84 Å². The van der Waals surface area contributed by atoms with E-state index in [9.17, 15) is 13.2 Å². The predicted octanol–water partition coefficient (Wildman–Crippen LogP) is -0.963. The zero-order valence-electron chi connectivity index (χ0n) is 8.82. The molecule has 0 rings (SSSR count). The fraction of sp³-hybridized carbons (Fsp3) is 0.857. The molecule has 0 radical (unpaired) electrons. The molecular formula is C7H17N3O3S2. The van der Waals surface area contributed by atoms with Gasteiger partial charge >= 0.3 is 0 Å². The molecule has 0 aromatic heterocycles. The summed E-state index contributed by atoms with van der Waals surface area (Å²) in [6, 6.07) is -0.785. The number of hydrazine groups is 1. The van der Waals surface area contributed by atoms with Crippen LogP contribution >= 0.6 is 11.8 Å². The fourth-order valence-electron chi connectivity index (χ4n) is 0.880. The van der Waals surface area contributed by atoms with Crippen molar-refractivity contribution in [1.29, 1.82) is 0 Å². The summed E-state index contributed by atoms with van der Waals surface area (Å²) in [5, 5.41) is 0. The van der Waals surface area contributed by atoms with Crippen molar-refractivity contribution in [3.63, 3.8) is 0 Å². The molecule has 1 unspecified atom stereocenters. The van der Waals surface area contributed by atoms with Crippen LogP contribution in [0.15, 0.2) is 0 Å². The monoisotopic (exact) mass is 255 g/mol. The van der Waals surface area contributed by atoms with Crippen LogP contribution in [0.2, 0.25) is 0 Å². The average molecular weight is 255 g/mol. The van der Waals surface area contributed by atoms with Crippen molar-refractivity contribution in [3.8, 4) is 0 Å². The van der Waals surface area contributed by atoms with Gasteiger partial charge < -0.3 is 0 Å². The molecule has 0 spiro atoms. The summed E-state index contributed by atoms with van der Waals surface area (Å²) in [5.74, 6) is 5.08. The third-order valence-electron chi connectivity index (χ3n) is 1.77. The second-order valence-electron chi connectivity index (χ2n) is 2.86. The van der Waals surface area contributed by atoms with Crippen molar-refractivity contribution in [3.05, 3.63) is 0 Å². The van der Waals surface area contributed by atoms with Crippen molar-refractivity contribution < 1.29 is 13.2 Å². The average Bonchev–Trinajstić information content (AvgIpc) is 2.23. The van der Waals surface area contributed by atoms with E-state index in [1.54, 1.807) is 0 Å². The number of nitrogens with two attached hydrogens (primary N) is 1. The van der Waals surface area contributed by atoms with Crippen molar-refractivity contribution >= 4 is 27.7 Å². The zero-order valence-corrected chi connectivity index (χ0v) is 10.5. The summed E-state index contributed by atoms with van der Waals surface area (Å²) in [6.45, 7) is 1.51. The van der Waals surface area contributed by atoms with E-state index in [1.807, 2.05) is 11.7 Å². The van der Waals surface area contributed by atoms with Crippen LogP contribution in [0.5, 0.6) is 0 Å². The maximum atomic E-state index is 11.3. The molecule has 0 fully saturated rings. The molecule has 0 aromatic rings. The van der Waals surface area contributed by atoms with Gasteiger partial charge in [-0.25, -0.2) is 19.0 Å². The molecule has 0 aliphatic rings. The largest absolute Gasteiger partial charge is 0.293 e. The van der Waals surface area contributed by atoms with E-state index in [1.165, 1.54) is 18.7 Å². The fourth-order valence-corrected chi connectivity index (χ4v) is 2.18. The molecule has 4 N–H and O–H groups in total. The minimum absolute atomic E-state index is 0.0549. The molecule has 0 saturated carbocycles. The van der Waals surface area contributed by atoms with Gasteiger partial charge in [-0.1, -0.05) is 0 Å². The Kier molecular flexibility index (Phi) is 6.90. The number of amides is 1. The van der Waals surface area contributed by atoms with E-state index < -0.39 is 22.0 Å². The lowest BCUT2D eigenvalue weighted by Crippen LogP contribution is -2.49. The van der Waals surface area contributed by atoms with Crippen LogP contribution in [0, 0.1) is 0 Å². The maximum absolute atomic E-state index is 11.3. The second kappa shape index (κ2) is 7.04. The molecule has 0 aromatic carbocycles. The van der Waals surface area contributed by atoms with Gasteiger partial charge in [-0.3, -0.25) is 10.2 Å². The van der Waals surface area contributed by atoms with E-state index >= 15 is 0 Å². The van der Waals surface area contributed by atoms with Crippen LogP contribution < -0.4 is 16.0 Å². The summed E-state index contributed by atoms with van der Waals surface area (Å²) in [7, 11) is -3.38. The molecule has 90 valence electrons. The number of hydrogen-bond acceptors (Lipinski definition) is 5. The van der Waals surface area contributed by atoms with Gasteiger partial charge in [0.25, 0.3) is 5.91 Å². The van der Waals surface area contributed by atoms with E-state index in [0.29, 0.717) is 12.2 Å². The number of hydrogen-bond donors (Lipinski definition) is 3. The summed E-state index contributed by atoms with van der Waals surface area (Å²) >= 11 is 1.54. The topological polar surface area (TPSA) is 101 Å². The van der Waals surface area contributed by atoms with Gasteiger partial charge in [0, 0.05) is 0 Å². The lowest BCUT2D eigenvalue weighted by molar-refractivity contribution is -0.122. The summed E-state index contributed by atoms with van der Waals surface area (Å²) in [5.41, 5.74) is 1.95. The van der Waals surface area contributed by atoms with Crippen LogP contribution in [0.1, 0.15) is 13.3 Å². The van der Waals surface area contributed by atoms with Crippen molar-refractivity contribution in [2.24, 2.45) is 5.84 Å². The summed E-state index contributed by atoms with van der Waals surface area (Å²) < 4.78 is 24.8. The smallest absolute Gasteiger partial charge is 0.252 e. The Labute approximate surface area is 94.4 Å². The number of rotatable bonds is 7. The molecular weight excluding hydrogens is 238 g/mol. The molecule has 8 heteroatoms. The minimum Gasteiger partial charge on any atom is -0.293 e. The molecule has 1 amide bonds. The van der Waals surface area contributed by atoms with Gasteiger partial charge in [-0.2, -0.15) is 11.8 Å². The third kappa shape index (κ3) is 5.98. The molecule has 0 bridgehead atoms. The van der Waals surface area contributed by atoms with Crippen LogP contribution in [-0.4, -0.2) is 38.1 Å². The van der Waals surface area contributed by atoms with Gasteiger partial charge in [0.1, 0.15) is 6.04 Å². The van der Waals surface area contributed by atoms with Crippen molar-refractivity contribution in [2.75, 3.05) is 17.8 Å². The van der Waals surface area contributed by atoms with Gasteiger partial charge in [-0.15, -0.1) is 0 Å². The SMILES string of the molecule is CCS(=O)(=O)NC(CCSC)C(=O)NN. The quantitative estimate of drug-likeness (QED) is 0.309. The molecule has 6 nitrogen and oxygen atoms in total. The first-order valence-electron chi connectivity index (χ1n) is 4.46. The number of sulfonamides is 1. The van der Waals surface area contributed by atoms with Gasteiger partial charge in [0.2, 0.25) is 10.0 Å². The van der Waals surface area contributed by atoms with E-state index in [2.05, 4.69) is 4.72 Å². The van der Waals surface area contributed by atoms with Crippen LogP contribution in [0.3, 0.4) is 0 Å². The van der Waals surface area contributed by atoms with Crippen LogP contribution in [0.4, 0.5) is 0 Å². The maximum Gasteiger partial charge on any atom is 0.252 e. The minimum atomic E-state index is -3.38. The lowest BCUT2D eigenvalue weighted by Gasteiger charge is -2.15. The normalized spacial score (nSPS) is 13.5. The van der Waals surface area contributed by atoms with E-state index in [0.717, 1.165) is 0 Å². The van der Waals surface area contributed by atoms with Gasteiger partial charge in [-0.05, 0) is 25.4 Å². The number of carbonyl (C=O) groups excluding carboxylic acids is 1. The van der Waals surface area contributed by atoms with E-state index in [-0.39, 0.29) is 5.75 Å². The molecule has 0 aliphatic heterocycles. The van der Waals surface area contributed by atoms with Crippen molar-refractivity contribution in [2.45, 2.75) is 19.4 Å². The number of carbonyl (C=O) groups is 1. The Morgan fingerprint density at radius 2 is 2.13 bits per heavy atom. The molecule has 0 aliphatic carbocycles. The number of nitrogens with one attached hydrogen (secondary N) is 2. The summed E-state index contributed by atoms with van der Waals surface area (Å²) in [4.78, 5) is 11.2. The summed E-state index contributed by atoms with van der Waals surface area (Å²) in [6.07, 6.45) is 2.30. The zero-order chi connectivity index (χ0) is 11.9. The standard InChI is InChI=1S/C7H17N3O3S2/c1-3-15(12,13)10-6(4-5-14-2)7(11)9-8/h6,10H,3-5,8H2,1-2H3,(H,9,11).